The van der Waals surface area contributed by atoms with Crippen LogP contribution in [-0.4, -0.2) is 47.6 Å². The second kappa shape index (κ2) is 6.59. The van der Waals surface area contributed by atoms with Crippen molar-refractivity contribution in [2.45, 2.75) is 18.2 Å². The molecule has 1 saturated heterocycles. The van der Waals surface area contributed by atoms with E-state index in [9.17, 15) is 8.42 Å². The number of hydrogen-bond acceptors (Lipinski definition) is 7. The summed E-state index contributed by atoms with van der Waals surface area (Å²) in [6.07, 6.45) is 0. The van der Waals surface area contributed by atoms with Crippen molar-refractivity contribution < 1.29 is 22.6 Å². The van der Waals surface area contributed by atoms with Gasteiger partial charge in [-0.25, -0.2) is 8.42 Å². The lowest BCUT2D eigenvalue weighted by Gasteiger charge is -2.18. The molecule has 2 atom stereocenters. The number of sulfonamides is 1. The van der Waals surface area contributed by atoms with Gasteiger partial charge in [0.1, 0.15) is 5.25 Å². The standard InChI is InChI=1S/C13H21N3O5S/c1-8-12(7-14-15-8)22(17,18)16-9-5-10(19-2)13(21-4)11(6-9)20-3/h5-6,8,12,14-16H,7H2,1-4H3. The van der Waals surface area contributed by atoms with Crippen molar-refractivity contribution in [1.82, 2.24) is 10.9 Å². The molecule has 2 rings (SSSR count). The molecule has 124 valence electrons. The predicted octanol–water partition coefficient (Wildman–Crippen LogP) is 0.319. The lowest BCUT2D eigenvalue weighted by Crippen LogP contribution is -2.38. The molecule has 0 aromatic heterocycles. The van der Waals surface area contributed by atoms with Crippen LogP contribution in [-0.2, 0) is 10.0 Å². The van der Waals surface area contributed by atoms with E-state index in [2.05, 4.69) is 15.6 Å². The molecule has 9 heteroatoms. The maximum Gasteiger partial charge on any atom is 0.238 e. The highest BCUT2D eigenvalue weighted by atomic mass is 32.2. The molecular formula is C13H21N3O5S. The number of benzene rings is 1. The summed E-state index contributed by atoms with van der Waals surface area (Å²) in [4.78, 5) is 0. The van der Waals surface area contributed by atoms with E-state index >= 15 is 0 Å². The van der Waals surface area contributed by atoms with E-state index in [-0.39, 0.29) is 6.04 Å². The Balaban J connectivity index is 2.33. The fraction of sp³-hybridized carbons (Fsp3) is 0.538. The van der Waals surface area contributed by atoms with Gasteiger partial charge in [0.05, 0.1) is 27.0 Å². The third-order valence-corrected chi connectivity index (χ3v) is 5.41. The highest BCUT2D eigenvalue weighted by molar-refractivity contribution is 7.93. The van der Waals surface area contributed by atoms with Gasteiger partial charge in [-0.1, -0.05) is 0 Å². The summed E-state index contributed by atoms with van der Waals surface area (Å²) in [6, 6.07) is 2.92. The van der Waals surface area contributed by atoms with Crippen LogP contribution in [0.5, 0.6) is 17.2 Å². The average Bonchev–Trinajstić information content (AvgIpc) is 2.92. The van der Waals surface area contributed by atoms with Crippen LogP contribution in [0.3, 0.4) is 0 Å². The number of nitrogens with one attached hydrogen (secondary N) is 3. The van der Waals surface area contributed by atoms with Crippen LogP contribution in [0.1, 0.15) is 6.92 Å². The number of rotatable bonds is 6. The van der Waals surface area contributed by atoms with Crippen molar-refractivity contribution in [3.8, 4) is 17.2 Å². The van der Waals surface area contributed by atoms with E-state index in [1.165, 1.54) is 21.3 Å². The van der Waals surface area contributed by atoms with Gasteiger partial charge in [0.25, 0.3) is 0 Å². The molecule has 0 spiro atoms. The van der Waals surface area contributed by atoms with Crippen molar-refractivity contribution in [2.75, 3.05) is 32.6 Å². The first-order valence-corrected chi connectivity index (χ1v) is 8.27. The van der Waals surface area contributed by atoms with Crippen molar-refractivity contribution in [2.24, 2.45) is 0 Å². The summed E-state index contributed by atoms with van der Waals surface area (Å²) < 4.78 is 43.1. The van der Waals surface area contributed by atoms with Gasteiger partial charge in [-0.3, -0.25) is 15.6 Å². The largest absolute Gasteiger partial charge is 0.493 e. The number of methoxy groups -OCH3 is 3. The van der Waals surface area contributed by atoms with Gasteiger partial charge in [0.15, 0.2) is 11.5 Å². The molecule has 1 aromatic carbocycles. The molecule has 0 radical (unpaired) electrons. The molecule has 2 unspecified atom stereocenters. The maximum atomic E-state index is 12.5. The van der Waals surface area contributed by atoms with Crippen LogP contribution in [0.2, 0.25) is 0 Å². The zero-order valence-corrected chi connectivity index (χ0v) is 13.8. The molecule has 0 aliphatic carbocycles. The minimum Gasteiger partial charge on any atom is -0.493 e. The highest BCUT2D eigenvalue weighted by Gasteiger charge is 2.35. The number of hydrogen-bond donors (Lipinski definition) is 3. The van der Waals surface area contributed by atoms with E-state index < -0.39 is 15.3 Å². The summed E-state index contributed by atoms with van der Waals surface area (Å²) in [6.45, 7) is 2.14. The minimum absolute atomic E-state index is 0.195. The Morgan fingerprint density at radius 1 is 1.14 bits per heavy atom. The number of ether oxygens (including phenoxy) is 3. The Labute approximate surface area is 130 Å². The molecule has 22 heavy (non-hydrogen) atoms. The van der Waals surface area contributed by atoms with Crippen molar-refractivity contribution in [1.29, 1.82) is 0 Å². The molecular weight excluding hydrogens is 310 g/mol. The molecule has 8 nitrogen and oxygen atoms in total. The molecule has 0 saturated carbocycles. The Kier molecular flexibility index (Phi) is 4.99. The monoisotopic (exact) mass is 331 g/mol. The molecule has 3 N–H and O–H groups in total. The Hall–Kier alpha value is -1.71. The summed E-state index contributed by atoms with van der Waals surface area (Å²) in [5, 5.41) is -0.577. The van der Waals surface area contributed by atoms with E-state index in [0.717, 1.165) is 0 Å². The second-order valence-electron chi connectivity index (χ2n) is 4.91. The van der Waals surface area contributed by atoms with Crippen LogP contribution in [0.4, 0.5) is 5.69 Å². The van der Waals surface area contributed by atoms with Gasteiger partial charge in [-0.2, -0.15) is 0 Å². The third kappa shape index (κ3) is 3.21. The first kappa shape index (κ1) is 16.7. The van der Waals surface area contributed by atoms with Gasteiger partial charge in [0, 0.05) is 24.7 Å². The van der Waals surface area contributed by atoms with Crippen LogP contribution in [0.25, 0.3) is 0 Å². The van der Waals surface area contributed by atoms with Crippen LogP contribution < -0.4 is 29.8 Å². The van der Waals surface area contributed by atoms with Crippen molar-refractivity contribution in [3.05, 3.63) is 12.1 Å². The summed E-state index contributed by atoms with van der Waals surface area (Å²) >= 11 is 0. The Bertz CT molecular complexity index is 610. The zero-order chi connectivity index (χ0) is 16.3. The van der Waals surface area contributed by atoms with E-state index in [4.69, 9.17) is 14.2 Å². The minimum atomic E-state index is -3.56. The molecule has 1 fully saturated rings. The smallest absolute Gasteiger partial charge is 0.238 e. The summed E-state index contributed by atoms with van der Waals surface area (Å²) in [5.41, 5.74) is 6.08. The van der Waals surface area contributed by atoms with Crippen molar-refractivity contribution >= 4 is 15.7 Å². The third-order valence-electron chi connectivity index (χ3n) is 3.51. The molecule has 1 aliphatic heterocycles. The van der Waals surface area contributed by atoms with Gasteiger partial charge >= 0.3 is 0 Å². The first-order valence-electron chi connectivity index (χ1n) is 6.73. The molecule has 0 amide bonds. The first-order chi connectivity index (χ1) is 10.4. The number of anilines is 1. The highest BCUT2D eigenvalue weighted by Crippen LogP contribution is 2.40. The van der Waals surface area contributed by atoms with E-state index in [1.54, 1.807) is 19.1 Å². The normalized spacial score (nSPS) is 21.5. The predicted molar refractivity (Wildman–Crippen MR) is 83.0 cm³/mol. The average molecular weight is 331 g/mol. The Morgan fingerprint density at radius 3 is 2.14 bits per heavy atom. The summed E-state index contributed by atoms with van der Waals surface area (Å²) in [7, 11) is 0.878. The maximum absolute atomic E-state index is 12.5. The quantitative estimate of drug-likeness (QED) is 0.690. The molecule has 1 aliphatic rings. The molecule has 1 heterocycles. The van der Waals surface area contributed by atoms with Crippen LogP contribution in [0.15, 0.2) is 12.1 Å². The van der Waals surface area contributed by atoms with Gasteiger partial charge in [0.2, 0.25) is 15.8 Å². The topological polar surface area (TPSA) is 97.9 Å². The van der Waals surface area contributed by atoms with Crippen molar-refractivity contribution in [3.63, 3.8) is 0 Å². The molecule has 0 bridgehead atoms. The number of hydrazine groups is 1. The van der Waals surface area contributed by atoms with Gasteiger partial charge < -0.3 is 14.2 Å². The lowest BCUT2D eigenvalue weighted by molar-refractivity contribution is 0.324. The Morgan fingerprint density at radius 2 is 1.73 bits per heavy atom. The van der Waals surface area contributed by atoms with Gasteiger partial charge in [-0.15, -0.1) is 0 Å². The fourth-order valence-corrected chi connectivity index (χ4v) is 3.85. The lowest BCUT2D eigenvalue weighted by atomic mass is 10.2. The fourth-order valence-electron chi connectivity index (χ4n) is 2.35. The van der Waals surface area contributed by atoms with E-state index in [1.807, 2.05) is 0 Å². The zero-order valence-electron chi connectivity index (χ0n) is 13.0. The van der Waals surface area contributed by atoms with E-state index in [0.29, 0.717) is 29.5 Å². The van der Waals surface area contributed by atoms with Gasteiger partial charge in [-0.05, 0) is 6.92 Å². The van der Waals surface area contributed by atoms with Crippen LogP contribution in [0, 0.1) is 0 Å². The van der Waals surface area contributed by atoms with Crippen LogP contribution >= 0.6 is 0 Å². The second-order valence-corrected chi connectivity index (χ2v) is 6.81. The molecule has 1 aromatic rings. The summed E-state index contributed by atoms with van der Waals surface area (Å²) in [5.74, 6) is 1.18. The SMILES string of the molecule is COc1cc(NS(=O)(=O)C2CNNC2C)cc(OC)c1OC.